The second-order valence-corrected chi connectivity index (χ2v) is 2.49. The Balaban J connectivity index is 2.88. The van der Waals surface area contributed by atoms with Crippen molar-refractivity contribution in [3.05, 3.63) is 17.5 Å². The lowest BCUT2D eigenvalue weighted by molar-refractivity contribution is 0.0525. The van der Waals surface area contributed by atoms with Gasteiger partial charge in [0.25, 0.3) is 0 Å². The highest BCUT2D eigenvalue weighted by atomic mass is 16.5. The maximum atomic E-state index is 11.2. The van der Waals surface area contributed by atoms with E-state index < -0.39 is 0 Å². The molecule has 4 heteroatoms. The van der Waals surface area contributed by atoms with Crippen LogP contribution >= 0.6 is 0 Å². The van der Waals surface area contributed by atoms with Crippen LogP contribution in [0.4, 0.5) is 0 Å². The highest BCUT2D eigenvalue weighted by Gasteiger charge is 2.12. The van der Waals surface area contributed by atoms with Gasteiger partial charge in [0.2, 0.25) is 0 Å². The predicted octanol–water partition coefficient (Wildman–Crippen LogP) is 0.905. The number of aryl methyl sites for hydroxylation is 1. The molecule has 12 heavy (non-hydrogen) atoms. The van der Waals surface area contributed by atoms with Gasteiger partial charge in [-0.3, -0.25) is 4.68 Å². The number of carbonyl (C=O) groups excluding carboxylic acids is 1. The van der Waals surface area contributed by atoms with E-state index in [-0.39, 0.29) is 5.97 Å². The van der Waals surface area contributed by atoms with Crippen LogP contribution in [0.1, 0.15) is 23.0 Å². The average molecular weight is 168 g/mol. The lowest BCUT2D eigenvalue weighted by Crippen LogP contribution is -2.06. The molecule has 0 aliphatic carbocycles. The van der Waals surface area contributed by atoms with Crippen molar-refractivity contribution in [1.82, 2.24) is 9.78 Å². The number of ether oxygens (including phenoxy) is 1. The van der Waals surface area contributed by atoms with Crippen LogP contribution in [0.25, 0.3) is 0 Å². The quantitative estimate of drug-likeness (QED) is 0.616. The van der Waals surface area contributed by atoms with Gasteiger partial charge in [-0.15, -0.1) is 0 Å². The summed E-state index contributed by atoms with van der Waals surface area (Å²) in [6.45, 7) is 4.01. The summed E-state index contributed by atoms with van der Waals surface area (Å²) in [6, 6.07) is 0. The van der Waals surface area contributed by atoms with Gasteiger partial charge in [-0.2, -0.15) is 5.10 Å². The van der Waals surface area contributed by atoms with Gasteiger partial charge in [0.15, 0.2) is 0 Å². The van der Waals surface area contributed by atoms with E-state index in [9.17, 15) is 4.79 Å². The Kier molecular flexibility index (Phi) is 2.47. The molecular formula is C8H12N2O2. The van der Waals surface area contributed by atoms with E-state index in [4.69, 9.17) is 4.74 Å². The van der Waals surface area contributed by atoms with Crippen LogP contribution in [0.2, 0.25) is 0 Å². The van der Waals surface area contributed by atoms with Crippen LogP contribution in [-0.4, -0.2) is 22.4 Å². The standard InChI is InChI=1S/C8H12N2O2/c1-4-12-8(11)7-5-9-10(3)6(7)2/h5H,4H2,1-3H3. The minimum atomic E-state index is -0.303. The molecule has 0 N–H and O–H groups in total. The smallest absolute Gasteiger partial charge is 0.341 e. The Bertz CT molecular complexity index is 291. The van der Waals surface area contributed by atoms with Crippen molar-refractivity contribution in [2.45, 2.75) is 13.8 Å². The summed E-state index contributed by atoms with van der Waals surface area (Å²) in [7, 11) is 1.79. The first kappa shape index (κ1) is 8.77. The molecule has 66 valence electrons. The monoisotopic (exact) mass is 168 g/mol. The third kappa shape index (κ3) is 1.47. The first-order chi connectivity index (χ1) is 5.66. The summed E-state index contributed by atoms with van der Waals surface area (Å²) in [5.74, 6) is -0.303. The molecule has 0 aliphatic heterocycles. The van der Waals surface area contributed by atoms with Crippen molar-refractivity contribution in [2.75, 3.05) is 6.61 Å². The van der Waals surface area contributed by atoms with E-state index in [0.29, 0.717) is 12.2 Å². The lowest BCUT2D eigenvalue weighted by Gasteiger charge is -1.99. The third-order valence-electron chi connectivity index (χ3n) is 1.73. The fourth-order valence-corrected chi connectivity index (χ4v) is 0.908. The molecular weight excluding hydrogens is 156 g/mol. The number of hydrogen-bond acceptors (Lipinski definition) is 3. The predicted molar refractivity (Wildman–Crippen MR) is 43.9 cm³/mol. The molecule has 0 unspecified atom stereocenters. The topological polar surface area (TPSA) is 44.1 Å². The Morgan fingerprint density at radius 2 is 2.42 bits per heavy atom. The van der Waals surface area contributed by atoms with Crippen LogP contribution in [0.15, 0.2) is 6.20 Å². The molecule has 0 spiro atoms. The summed E-state index contributed by atoms with van der Waals surface area (Å²) in [5, 5.41) is 3.94. The van der Waals surface area contributed by atoms with Gasteiger partial charge in [-0.1, -0.05) is 0 Å². The van der Waals surface area contributed by atoms with Gasteiger partial charge < -0.3 is 4.74 Å². The number of aromatic nitrogens is 2. The van der Waals surface area contributed by atoms with Crippen molar-refractivity contribution in [1.29, 1.82) is 0 Å². The first-order valence-corrected chi connectivity index (χ1v) is 3.82. The number of carbonyl (C=O) groups is 1. The van der Waals surface area contributed by atoms with Gasteiger partial charge in [0.05, 0.1) is 12.8 Å². The highest BCUT2D eigenvalue weighted by Crippen LogP contribution is 2.06. The molecule has 0 bridgehead atoms. The second kappa shape index (κ2) is 3.38. The van der Waals surface area contributed by atoms with Gasteiger partial charge >= 0.3 is 5.97 Å². The molecule has 0 saturated carbocycles. The van der Waals surface area contributed by atoms with Crippen LogP contribution in [-0.2, 0) is 11.8 Å². The molecule has 1 heterocycles. The van der Waals surface area contributed by atoms with E-state index in [1.807, 2.05) is 6.92 Å². The van der Waals surface area contributed by atoms with Crippen LogP contribution < -0.4 is 0 Å². The summed E-state index contributed by atoms with van der Waals surface area (Å²) in [4.78, 5) is 11.2. The number of hydrogen-bond donors (Lipinski definition) is 0. The van der Waals surface area contributed by atoms with E-state index in [1.165, 1.54) is 6.20 Å². The number of nitrogens with zero attached hydrogens (tertiary/aromatic N) is 2. The molecule has 0 aromatic carbocycles. The molecule has 1 aromatic heterocycles. The summed E-state index contributed by atoms with van der Waals surface area (Å²) in [5.41, 5.74) is 1.37. The fraction of sp³-hybridized carbons (Fsp3) is 0.500. The number of rotatable bonds is 2. The zero-order valence-corrected chi connectivity index (χ0v) is 7.50. The molecule has 0 atom stereocenters. The maximum absolute atomic E-state index is 11.2. The van der Waals surface area contributed by atoms with Crippen molar-refractivity contribution in [3.8, 4) is 0 Å². The molecule has 0 fully saturated rings. The largest absolute Gasteiger partial charge is 0.462 e. The second-order valence-electron chi connectivity index (χ2n) is 2.49. The van der Waals surface area contributed by atoms with Gasteiger partial charge in [0.1, 0.15) is 5.56 Å². The van der Waals surface area contributed by atoms with Crippen LogP contribution in [0.5, 0.6) is 0 Å². The first-order valence-electron chi connectivity index (χ1n) is 3.82. The Labute approximate surface area is 71.1 Å². The maximum Gasteiger partial charge on any atom is 0.341 e. The van der Waals surface area contributed by atoms with Crippen LogP contribution in [0, 0.1) is 6.92 Å². The molecule has 0 saturated heterocycles. The zero-order chi connectivity index (χ0) is 9.14. The van der Waals surface area contributed by atoms with Crippen molar-refractivity contribution in [2.24, 2.45) is 7.05 Å². The Hall–Kier alpha value is -1.32. The SMILES string of the molecule is CCOC(=O)c1cnn(C)c1C. The molecule has 1 aromatic rings. The Morgan fingerprint density at radius 1 is 1.75 bits per heavy atom. The molecule has 0 radical (unpaired) electrons. The molecule has 0 aliphatic rings. The van der Waals surface area contributed by atoms with Gasteiger partial charge in [-0.05, 0) is 13.8 Å². The van der Waals surface area contributed by atoms with E-state index in [0.717, 1.165) is 5.69 Å². The normalized spacial score (nSPS) is 9.92. The van der Waals surface area contributed by atoms with Crippen molar-refractivity contribution >= 4 is 5.97 Å². The molecule has 1 rings (SSSR count). The number of esters is 1. The summed E-state index contributed by atoms with van der Waals surface area (Å²) < 4.78 is 6.47. The average Bonchev–Trinajstić information content (AvgIpc) is 2.34. The van der Waals surface area contributed by atoms with Gasteiger partial charge in [0, 0.05) is 12.7 Å². The minimum absolute atomic E-state index is 0.303. The van der Waals surface area contributed by atoms with E-state index >= 15 is 0 Å². The summed E-state index contributed by atoms with van der Waals surface area (Å²) in [6.07, 6.45) is 1.52. The zero-order valence-electron chi connectivity index (χ0n) is 7.50. The third-order valence-corrected chi connectivity index (χ3v) is 1.73. The van der Waals surface area contributed by atoms with E-state index in [2.05, 4.69) is 5.10 Å². The lowest BCUT2D eigenvalue weighted by atomic mass is 10.3. The highest BCUT2D eigenvalue weighted by molar-refractivity contribution is 5.90. The molecule has 0 amide bonds. The van der Waals surface area contributed by atoms with E-state index in [1.54, 1.807) is 18.7 Å². The van der Waals surface area contributed by atoms with Gasteiger partial charge in [-0.25, -0.2) is 4.79 Å². The summed E-state index contributed by atoms with van der Waals surface area (Å²) >= 11 is 0. The minimum Gasteiger partial charge on any atom is -0.462 e. The Morgan fingerprint density at radius 3 is 2.83 bits per heavy atom. The molecule has 4 nitrogen and oxygen atoms in total. The van der Waals surface area contributed by atoms with Crippen molar-refractivity contribution in [3.63, 3.8) is 0 Å². The fourth-order valence-electron chi connectivity index (χ4n) is 0.908. The van der Waals surface area contributed by atoms with Crippen molar-refractivity contribution < 1.29 is 9.53 Å². The van der Waals surface area contributed by atoms with Crippen LogP contribution in [0.3, 0.4) is 0 Å².